The second-order valence-corrected chi connectivity index (χ2v) is 9.53. The average molecular weight is 509 g/mol. The van der Waals surface area contributed by atoms with E-state index in [1.807, 2.05) is 32.3 Å². The van der Waals surface area contributed by atoms with E-state index in [1.54, 1.807) is 46.9 Å². The van der Waals surface area contributed by atoms with E-state index >= 15 is 4.39 Å². The number of hydrogen-bond acceptors (Lipinski definition) is 6. The smallest absolute Gasteiger partial charge is 0.329 e. The van der Waals surface area contributed by atoms with Gasteiger partial charge in [-0.25, -0.2) is 14.2 Å². The Morgan fingerprint density at radius 3 is 2.76 bits per heavy atom. The van der Waals surface area contributed by atoms with Crippen molar-refractivity contribution in [3.8, 4) is 28.7 Å². The van der Waals surface area contributed by atoms with Crippen LogP contribution in [0.15, 0.2) is 59.8 Å². The molecule has 0 bridgehead atoms. The molecule has 1 aliphatic rings. The number of rotatable bonds is 4. The molecule has 9 heteroatoms. The van der Waals surface area contributed by atoms with Gasteiger partial charge >= 0.3 is 5.69 Å². The Morgan fingerprint density at radius 2 is 2.03 bits per heavy atom. The van der Waals surface area contributed by atoms with Crippen LogP contribution in [0, 0.1) is 17.7 Å². The molecule has 8 nitrogen and oxygen atoms in total. The monoisotopic (exact) mass is 508 g/mol. The Bertz CT molecular complexity index is 1800. The minimum atomic E-state index is -0.501. The van der Waals surface area contributed by atoms with Crippen LogP contribution in [0.2, 0.25) is 0 Å². The number of imidazole rings is 1. The minimum Gasteiger partial charge on any atom is -0.489 e. The minimum absolute atomic E-state index is 0.0964. The first kappa shape index (κ1) is 23.8. The number of pyridine rings is 3. The fourth-order valence-corrected chi connectivity index (χ4v) is 4.89. The first-order valence-electron chi connectivity index (χ1n) is 12.3. The van der Waals surface area contributed by atoms with Gasteiger partial charge in [-0.1, -0.05) is 12.0 Å². The van der Waals surface area contributed by atoms with Crippen LogP contribution >= 0.6 is 0 Å². The van der Waals surface area contributed by atoms with Crippen molar-refractivity contribution in [3.05, 3.63) is 82.7 Å². The second-order valence-electron chi connectivity index (χ2n) is 9.53. The predicted octanol–water partition coefficient (Wildman–Crippen LogP) is 3.77. The van der Waals surface area contributed by atoms with Gasteiger partial charge < -0.3 is 9.64 Å². The molecule has 0 fully saturated rings. The standard InChI is InChI=1S/C29H25FN6O2/c1-34(2)13-7-5-8-19-11-10-18(15-32-19)25-20(30)14-22-26-27-23(16-33-22)35(3)29(37)36(27)24(17-38-28(25)26)21-9-4-6-12-31-21/h4,6,9-12,14-16,24H,7,13,17H2,1-3H3. The van der Waals surface area contributed by atoms with Crippen molar-refractivity contribution in [1.82, 2.24) is 29.0 Å². The highest BCUT2D eigenvalue weighted by molar-refractivity contribution is 6.09. The van der Waals surface area contributed by atoms with E-state index in [0.717, 1.165) is 13.0 Å². The lowest BCUT2D eigenvalue weighted by Gasteiger charge is -2.17. The van der Waals surface area contributed by atoms with Gasteiger partial charge in [0.05, 0.1) is 39.4 Å². The summed E-state index contributed by atoms with van der Waals surface area (Å²) >= 11 is 0. The van der Waals surface area contributed by atoms with Gasteiger partial charge in [-0.2, -0.15) is 0 Å². The van der Waals surface area contributed by atoms with Crippen LogP contribution in [0.4, 0.5) is 4.39 Å². The molecule has 0 aliphatic carbocycles. The topological polar surface area (TPSA) is 78.1 Å². The highest BCUT2D eigenvalue weighted by atomic mass is 19.1. The van der Waals surface area contributed by atoms with Crippen LogP contribution in [0.25, 0.3) is 33.1 Å². The van der Waals surface area contributed by atoms with Crippen molar-refractivity contribution >= 4 is 21.9 Å². The van der Waals surface area contributed by atoms with Crippen molar-refractivity contribution in [2.75, 3.05) is 27.2 Å². The summed E-state index contributed by atoms with van der Waals surface area (Å²) in [5.41, 5.74) is 3.58. The maximum absolute atomic E-state index is 15.7. The predicted molar refractivity (Wildman–Crippen MR) is 144 cm³/mol. The molecule has 5 aromatic rings. The molecule has 38 heavy (non-hydrogen) atoms. The summed E-state index contributed by atoms with van der Waals surface area (Å²) in [6.07, 6.45) is 5.62. The van der Waals surface area contributed by atoms with Crippen molar-refractivity contribution in [3.63, 3.8) is 0 Å². The van der Waals surface area contributed by atoms with E-state index in [9.17, 15) is 4.79 Å². The maximum Gasteiger partial charge on any atom is 0.329 e. The number of hydrogen-bond donors (Lipinski definition) is 0. The van der Waals surface area contributed by atoms with Crippen LogP contribution in [-0.4, -0.2) is 56.2 Å². The van der Waals surface area contributed by atoms with Crippen LogP contribution in [0.1, 0.15) is 23.9 Å². The molecule has 0 amide bonds. The van der Waals surface area contributed by atoms with Crippen molar-refractivity contribution in [2.24, 2.45) is 7.05 Å². The van der Waals surface area contributed by atoms with E-state index in [-0.39, 0.29) is 17.9 Å². The molecule has 0 radical (unpaired) electrons. The van der Waals surface area contributed by atoms with Crippen molar-refractivity contribution in [2.45, 2.75) is 12.5 Å². The molecule has 6 rings (SSSR count). The molecule has 1 unspecified atom stereocenters. The summed E-state index contributed by atoms with van der Waals surface area (Å²) in [5.74, 6) is 6.03. The molecule has 1 aromatic carbocycles. The summed E-state index contributed by atoms with van der Waals surface area (Å²) in [6.45, 7) is 0.958. The molecule has 4 aromatic heterocycles. The van der Waals surface area contributed by atoms with E-state index in [1.165, 1.54) is 6.07 Å². The largest absolute Gasteiger partial charge is 0.489 e. The average Bonchev–Trinajstić information content (AvgIpc) is 3.06. The molecule has 1 aliphatic heterocycles. The summed E-state index contributed by atoms with van der Waals surface area (Å²) in [6, 6.07) is 10.0. The Hall–Kier alpha value is -4.55. The molecule has 0 saturated carbocycles. The normalized spacial score (nSPS) is 14.5. The second kappa shape index (κ2) is 9.39. The number of aryl methyl sites for hydroxylation is 1. The number of benzene rings is 1. The van der Waals surface area contributed by atoms with Gasteiger partial charge in [-0.3, -0.25) is 19.1 Å². The molecule has 0 spiro atoms. The number of aromatic nitrogens is 5. The fourth-order valence-electron chi connectivity index (χ4n) is 4.89. The maximum atomic E-state index is 15.7. The van der Waals surface area contributed by atoms with Crippen LogP contribution in [0.3, 0.4) is 0 Å². The van der Waals surface area contributed by atoms with E-state index in [4.69, 9.17) is 4.74 Å². The van der Waals surface area contributed by atoms with Gasteiger partial charge in [-0.15, -0.1) is 0 Å². The molecule has 0 N–H and O–H groups in total. The summed E-state index contributed by atoms with van der Waals surface area (Å²) in [4.78, 5) is 28.9. The molecule has 1 atom stereocenters. The molecule has 0 saturated heterocycles. The van der Waals surface area contributed by atoms with Gasteiger partial charge in [0.25, 0.3) is 0 Å². The van der Waals surface area contributed by atoms with Gasteiger partial charge in [-0.05, 0) is 44.3 Å². The third-order valence-corrected chi connectivity index (χ3v) is 6.79. The van der Waals surface area contributed by atoms with E-state index < -0.39 is 11.9 Å². The highest BCUT2D eigenvalue weighted by Crippen LogP contribution is 2.44. The van der Waals surface area contributed by atoms with Crippen LogP contribution < -0.4 is 10.4 Å². The Kier molecular flexibility index (Phi) is 5.89. The third-order valence-electron chi connectivity index (χ3n) is 6.79. The third kappa shape index (κ3) is 3.90. The molecular weight excluding hydrogens is 483 g/mol. The number of halogens is 1. The molecule has 5 heterocycles. The van der Waals surface area contributed by atoms with Crippen LogP contribution in [-0.2, 0) is 7.05 Å². The zero-order valence-corrected chi connectivity index (χ0v) is 21.3. The first-order valence-corrected chi connectivity index (χ1v) is 12.3. The van der Waals surface area contributed by atoms with Gasteiger partial charge in [0, 0.05) is 44.0 Å². The zero-order chi connectivity index (χ0) is 26.4. The van der Waals surface area contributed by atoms with Gasteiger partial charge in [0.1, 0.15) is 29.9 Å². The molecule has 190 valence electrons. The lowest BCUT2D eigenvalue weighted by atomic mass is 10.0. The van der Waals surface area contributed by atoms with Gasteiger partial charge in [0.2, 0.25) is 0 Å². The Balaban J connectivity index is 1.53. The van der Waals surface area contributed by atoms with Crippen LogP contribution in [0.5, 0.6) is 5.75 Å². The Morgan fingerprint density at radius 1 is 1.16 bits per heavy atom. The van der Waals surface area contributed by atoms with Crippen molar-refractivity contribution in [1.29, 1.82) is 0 Å². The van der Waals surface area contributed by atoms with Crippen molar-refractivity contribution < 1.29 is 9.13 Å². The fraction of sp³-hybridized carbons (Fsp3) is 0.241. The highest BCUT2D eigenvalue weighted by Gasteiger charge is 2.31. The van der Waals surface area contributed by atoms with E-state index in [2.05, 4.69) is 31.7 Å². The quantitative estimate of drug-likeness (QED) is 0.344. The summed E-state index contributed by atoms with van der Waals surface area (Å²) < 4.78 is 25.2. The first-order chi connectivity index (χ1) is 18.4. The zero-order valence-electron chi connectivity index (χ0n) is 21.3. The number of nitrogens with zero attached hydrogens (tertiary/aromatic N) is 6. The Labute approximate surface area is 218 Å². The van der Waals surface area contributed by atoms with E-state index in [0.29, 0.717) is 44.6 Å². The molecular formula is C29H25FN6O2. The SMILES string of the molecule is CN(C)CCC#Cc1ccc(-c2c(F)cc3ncc4c5c3c2OCC(c2ccccn2)n5c(=O)n4C)cn1. The lowest BCUT2D eigenvalue weighted by molar-refractivity contribution is 0.275. The van der Waals surface area contributed by atoms with Gasteiger partial charge in [0.15, 0.2) is 0 Å². The summed E-state index contributed by atoms with van der Waals surface area (Å²) in [7, 11) is 5.71. The number of ether oxygens (including phenoxy) is 1. The summed E-state index contributed by atoms with van der Waals surface area (Å²) in [5, 5.41) is 0.586. The lowest BCUT2D eigenvalue weighted by Crippen LogP contribution is -2.30.